The molecule has 0 aliphatic rings. The zero-order valence-electron chi connectivity index (χ0n) is 10.9. The Hall–Kier alpha value is -2.21. The SMILES string of the molecule is Cc1cc(OC(F)F)cnc1C(=O)Nc1ccc(Cl)cc1. The molecule has 1 N–H and O–H groups in total. The zero-order valence-corrected chi connectivity index (χ0v) is 11.7. The summed E-state index contributed by atoms with van der Waals surface area (Å²) < 4.78 is 28.4. The minimum absolute atomic E-state index is 0.0921. The normalized spacial score (nSPS) is 10.5. The van der Waals surface area contributed by atoms with Crippen molar-refractivity contribution in [1.29, 1.82) is 0 Å². The summed E-state index contributed by atoms with van der Waals surface area (Å²) in [5.74, 6) is -0.538. The van der Waals surface area contributed by atoms with E-state index in [0.717, 1.165) is 6.20 Å². The van der Waals surface area contributed by atoms with E-state index in [4.69, 9.17) is 11.6 Å². The molecule has 1 aromatic heterocycles. The minimum Gasteiger partial charge on any atom is -0.433 e. The molecule has 0 unspecified atom stereocenters. The monoisotopic (exact) mass is 312 g/mol. The number of halogens is 3. The van der Waals surface area contributed by atoms with Crippen LogP contribution in [0.5, 0.6) is 5.75 Å². The van der Waals surface area contributed by atoms with Gasteiger partial charge in [0.2, 0.25) is 0 Å². The van der Waals surface area contributed by atoms with Gasteiger partial charge in [0.15, 0.2) is 0 Å². The maximum Gasteiger partial charge on any atom is 0.387 e. The van der Waals surface area contributed by atoms with Crippen molar-refractivity contribution in [2.24, 2.45) is 0 Å². The standard InChI is InChI=1S/C14H11ClF2N2O2/c1-8-6-11(21-14(16)17)7-18-12(8)13(20)19-10-4-2-9(15)3-5-10/h2-7,14H,1H3,(H,19,20). The van der Waals surface area contributed by atoms with Gasteiger partial charge in [0, 0.05) is 10.7 Å². The summed E-state index contributed by atoms with van der Waals surface area (Å²) in [6.45, 7) is -1.35. The van der Waals surface area contributed by atoms with E-state index >= 15 is 0 Å². The molecular formula is C14H11ClF2N2O2. The van der Waals surface area contributed by atoms with Crippen molar-refractivity contribution in [2.75, 3.05) is 5.32 Å². The number of hydrogen-bond acceptors (Lipinski definition) is 3. The number of anilines is 1. The fraction of sp³-hybridized carbons (Fsp3) is 0.143. The maximum absolute atomic E-state index is 12.1. The number of pyridine rings is 1. The molecule has 1 heterocycles. The molecule has 1 amide bonds. The van der Waals surface area contributed by atoms with Crippen molar-refractivity contribution in [3.8, 4) is 5.75 Å². The number of hydrogen-bond donors (Lipinski definition) is 1. The van der Waals surface area contributed by atoms with Gasteiger partial charge in [-0.15, -0.1) is 0 Å². The Morgan fingerprint density at radius 2 is 2.00 bits per heavy atom. The van der Waals surface area contributed by atoms with E-state index in [2.05, 4.69) is 15.0 Å². The number of carbonyl (C=O) groups excluding carboxylic acids is 1. The molecule has 1 aromatic carbocycles. The Bertz CT molecular complexity index is 648. The van der Waals surface area contributed by atoms with E-state index < -0.39 is 12.5 Å². The van der Waals surface area contributed by atoms with Gasteiger partial charge in [-0.3, -0.25) is 4.79 Å². The molecule has 0 radical (unpaired) electrons. The summed E-state index contributed by atoms with van der Waals surface area (Å²) in [6.07, 6.45) is 1.08. The average Bonchev–Trinajstić information content (AvgIpc) is 2.40. The lowest BCUT2D eigenvalue weighted by Gasteiger charge is -2.09. The summed E-state index contributed by atoms with van der Waals surface area (Å²) in [5.41, 5.74) is 1.12. The zero-order chi connectivity index (χ0) is 15.4. The number of amides is 1. The lowest BCUT2D eigenvalue weighted by atomic mass is 10.2. The molecule has 2 aromatic rings. The number of alkyl halides is 2. The highest BCUT2D eigenvalue weighted by atomic mass is 35.5. The largest absolute Gasteiger partial charge is 0.433 e. The van der Waals surface area contributed by atoms with Gasteiger partial charge in [-0.25, -0.2) is 4.98 Å². The third-order valence-electron chi connectivity index (χ3n) is 2.60. The Kier molecular flexibility index (Phi) is 4.70. The molecule has 0 fully saturated rings. The first-order valence-corrected chi connectivity index (χ1v) is 6.32. The first-order chi connectivity index (χ1) is 9.95. The number of rotatable bonds is 4. The van der Waals surface area contributed by atoms with Gasteiger partial charge in [-0.2, -0.15) is 8.78 Å². The van der Waals surface area contributed by atoms with Gasteiger partial charge in [0.1, 0.15) is 11.4 Å². The molecular weight excluding hydrogens is 302 g/mol. The van der Waals surface area contributed by atoms with Gasteiger partial charge in [-0.05, 0) is 42.8 Å². The number of nitrogens with zero attached hydrogens (tertiary/aromatic N) is 1. The number of ether oxygens (including phenoxy) is 1. The molecule has 7 heteroatoms. The lowest BCUT2D eigenvalue weighted by molar-refractivity contribution is -0.0501. The van der Waals surface area contributed by atoms with E-state index in [1.54, 1.807) is 31.2 Å². The van der Waals surface area contributed by atoms with E-state index in [1.807, 2.05) is 0 Å². The van der Waals surface area contributed by atoms with E-state index in [9.17, 15) is 13.6 Å². The van der Waals surface area contributed by atoms with Crippen molar-refractivity contribution in [3.05, 3.63) is 52.8 Å². The Balaban J connectivity index is 2.13. The number of aryl methyl sites for hydroxylation is 1. The molecule has 0 atom stereocenters. The molecule has 4 nitrogen and oxygen atoms in total. The highest BCUT2D eigenvalue weighted by Crippen LogP contribution is 2.18. The van der Waals surface area contributed by atoms with Crippen LogP contribution >= 0.6 is 11.6 Å². The Morgan fingerprint density at radius 1 is 1.33 bits per heavy atom. The van der Waals surface area contributed by atoms with Gasteiger partial charge in [0.25, 0.3) is 5.91 Å². The third kappa shape index (κ3) is 4.13. The van der Waals surface area contributed by atoms with Crippen LogP contribution in [-0.2, 0) is 0 Å². The molecule has 0 aliphatic carbocycles. The second-order valence-electron chi connectivity index (χ2n) is 4.18. The fourth-order valence-electron chi connectivity index (χ4n) is 1.68. The molecule has 21 heavy (non-hydrogen) atoms. The number of carbonyl (C=O) groups is 1. The molecule has 110 valence electrons. The van der Waals surface area contributed by atoms with Crippen LogP contribution in [0.15, 0.2) is 36.5 Å². The molecule has 0 aliphatic heterocycles. The van der Waals surface area contributed by atoms with Crippen LogP contribution in [0.4, 0.5) is 14.5 Å². The predicted molar refractivity (Wildman–Crippen MR) is 75.0 cm³/mol. The number of nitrogens with one attached hydrogen (secondary N) is 1. The summed E-state index contributed by atoms with van der Waals surface area (Å²) in [7, 11) is 0. The molecule has 0 saturated heterocycles. The van der Waals surface area contributed by atoms with Gasteiger partial charge < -0.3 is 10.1 Å². The molecule has 0 saturated carbocycles. The second-order valence-corrected chi connectivity index (χ2v) is 4.61. The van der Waals surface area contributed by atoms with Crippen molar-refractivity contribution >= 4 is 23.2 Å². The summed E-state index contributed by atoms with van der Waals surface area (Å²) >= 11 is 5.75. The predicted octanol–water partition coefficient (Wildman–Crippen LogP) is 3.90. The van der Waals surface area contributed by atoms with Gasteiger partial charge in [-0.1, -0.05) is 11.6 Å². The maximum atomic E-state index is 12.1. The molecule has 2 rings (SSSR count). The second kappa shape index (κ2) is 6.49. The van der Waals surface area contributed by atoms with Crippen LogP contribution in [-0.4, -0.2) is 17.5 Å². The topological polar surface area (TPSA) is 51.2 Å². The van der Waals surface area contributed by atoms with Crippen LogP contribution in [0.25, 0.3) is 0 Å². The lowest BCUT2D eigenvalue weighted by Crippen LogP contribution is -2.15. The van der Waals surface area contributed by atoms with Crippen molar-refractivity contribution in [3.63, 3.8) is 0 Å². The summed E-state index contributed by atoms with van der Waals surface area (Å²) in [6, 6.07) is 7.89. The van der Waals surface area contributed by atoms with Crippen molar-refractivity contribution < 1.29 is 18.3 Å². The number of aromatic nitrogens is 1. The Labute approximate surface area is 124 Å². The van der Waals surface area contributed by atoms with Crippen molar-refractivity contribution in [2.45, 2.75) is 13.5 Å². The number of benzene rings is 1. The quantitative estimate of drug-likeness (QED) is 0.931. The van der Waals surface area contributed by atoms with Gasteiger partial charge >= 0.3 is 6.61 Å². The summed E-state index contributed by atoms with van der Waals surface area (Å²) in [5, 5.41) is 3.19. The highest BCUT2D eigenvalue weighted by molar-refractivity contribution is 6.30. The smallest absolute Gasteiger partial charge is 0.387 e. The van der Waals surface area contributed by atoms with E-state index in [-0.39, 0.29) is 11.4 Å². The van der Waals surface area contributed by atoms with Gasteiger partial charge in [0.05, 0.1) is 6.20 Å². The molecule has 0 spiro atoms. The van der Waals surface area contributed by atoms with Crippen LogP contribution in [0.1, 0.15) is 16.1 Å². The van der Waals surface area contributed by atoms with E-state index in [0.29, 0.717) is 16.3 Å². The first-order valence-electron chi connectivity index (χ1n) is 5.94. The van der Waals surface area contributed by atoms with Crippen LogP contribution in [0.3, 0.4) is 0 Å². The van der Waals surface area contributed by atoms with Crippen LogP contribution in [0, 0.1) is 6.92 Å². The van der Waals surface area contributed by atoms with E-state index in [1.165, 1.54) is 6.07 Å². The fourth-order valence-corrected chi connectivity index (χ4v) is 1.80. The average molecular weight is 313 g/mol. The first kappa shape index (κ1) is 15.2. The summed E-state index contributed by atoms with van der Waals surface area (Å²) in [4.78, 5) is 15.9. The van der Waals surface area contributed by atoms with Crippen LogP contribution < -0.4 is 10.1 Å². The van der Waals surface area contributed by atoms with Crippen molar-refractivity contribution in [1.82, 2.24) is 4.98 Å². The minimum atomic E-state index is -2.93. The van der Waals surface area contributed by atoms with Crippen LogP contribution in [0.2, 0.25) is 5.02 Å². The Morgan fingerprint density at radius 3 is 2.57 bits per heavy atom. The third-order valence-corrected chi connectivity index (χ3v) is 2.85. The highest BCUT2D eigenvalue weighted by Gasteiger charge is 2.13. The molecule has 0 bridgehead atoms.